The maximum atomic E-state index is 11.3. The third-order valence-corrected chi connectivity index (χ3v) is 3.82. The molecule has 0 saturated carbocycles. The van der Waals surface area contributed by atoms with Crippen LogP contribution in [0.1, 0.15) is 39.0 Å². The molecule has 0 saturated heterocycles. The van der Waals surface area contributed by atoms with E-state index in [4.69, 9.17) is 5.11 Å². The van der Waals surface area contributed by atoms with Gasteiger partial charge in [0.15, 0.2) is 0 Å². The van der Waals surface area contributed by atoms with Crippen molar-refractivity contribution in [2.75, 3.05) is 5.75 Å². The van der Waals surface area contributed by atoms with Crippen LogP contribution in [0.2, 0.25) is 0 Å². The van der Waals surface area contributed by atoms with Gasteiger partial charge in [-0.2, -0.15) is 0 Å². The summed E-state index contributed by atoms with van der Waals surface area (Å²) in [6.07, 6.45) is 2.05. The molecule has 0 aromatic rings. The summed E-state index contributed by atoms with van der Waals surface area (Å²) in [7, 11) is 2.75. The fourth-order valence-corrected chi connectivity index (χ4v) is 2.67. The third-order valence-electron chi connectivity index (χ3n) is 1.77. The number of carboxylic acid groups (broad SMARTS) is 1. The number of amides is 1. The lowest BCUT2D eigenvalue weighted by atomic mass is 10.1. The molecule has 98 valence electrons. The average molecular weight is 279 g/mol. The second kappa shape index (κ2) is 10.5. The maximum Gasteiger partial charge on any atom is 0.303 e. The Morgan fingerprint density at radius 3 is 2.35 bits per heavy atom. The predicted molar refractivity (Wildman–Crippen MR) is 69.6 cm³/mol. The lowest BCUT2D eigenvalue weighted by Gasteiger charge is -2.01. The smallest absolute Gasteiger partial charge is 0.303 e. The van der Waals surface area contributed by atoms with Gasteiger partial charge in [0.2, 0.25) is 5.91 Å². The van der Waals surface area contributed by atoms with Gasteiger partial charge in [-0.3, -0.25) is 19.1 Å². The molecule has 0 aliphatic carbocycles. The Morgan fingerprint density at radius 1 is 1.12 bits per heavy atom. The number of hydrogen-bond acceptors (Lipinski definition) is 5. The summed E-state index contributed by atoms with van der Waals surface area (Å²) in [6, 6.07) is 0. The molecule has 0 aromatic carbocycles. The average Bonchev–Trinajstić information content (AvgIpc) is 2.22. The van der Waals surface area contributed by atoms with Crippen LogP contribution in [-0.2, 0) is 14.4 Å². The number of aliphatic carboxylic acids is 1. The van der Waals surface area contributed by atoms with Crippen LogP contribution in [0.25, 0.3) is 0 Å². The number of rotatable bonds is 10. The van der Waals surface area contributed by atoms with Crippen LogP contribution in [0.4, 0.5) is 0 Å². The zero-order valence-electron chi connectivity index (χ0n) is 9.73. The molecule has 0 unspecified atom stereocenters. The van der Waals surface area contributed by atoms with Crippen LogP contribution in [-0.4, -0.2) is 28.5 Å². The van der Waals surface area contributed by atoms with Gasteiger partial charge in [-0.05, 0) is 12.8 Å². The number of nitrogens with one attached hydrogen (secondary N) is 1. The van der Waals surface area contributed by atoms with Gasteiger partial charge in [-0.25, -0.2) is 0 Å². The summed E-state index contributed by atoms with van der Waals surface area (Å²) in [5.41, 5.74) is 0. The molecule has 0 atom stereocenters. The van der Waals surface area contributed by atoms with Gasteiger partial charge < -0.3 is 5.11 Å². The number of carbonyl (C=O) groups excluding carboxylic acids is 2. The van der Waals surface area contributed by atoms with Gasteiger partial charge in [0.25, 0.3) is 0 Å². The lowest BCUT2D eigenvalue weighted by Crippen LogP contribution is -2.08. The van der Waals surface area contributed by atoms with E-state index in [9.17, 15) is 14.4 Å². The maximum absolute atomic E-state index is 11.3. The number of Topliss-reactive ketones (excluding diaryl/α,β-unsaturated/α-hetero) is 1. The van der Waals surface area contributed by atoms with E-state index >= 15 is 0 Å². The van der Waals surface area contributed by atoms with Crippen molar-refractivity contribution in [2.24, 2.45) is 0 Å². The largest absolute Gasteiger partial charge is 0.481 e. The normalized spacial score (nSPS) is 9.94. The second-order valence-electron chi connectivity index (χ2n) is 3.45. The highest BCUT2D eigenvalue weighted by Crippen LogP contribution is 2.18. The van der Waals surface area contributed by atoms with Crippen molar-refractivity contribution in [3.63, 3.8) is 0 Å². The summed E-state index contributed by atoms with van der Waals surface area (Å²) in [4.78, 5) is 32.0. The SMILES string of the molecule is CC(=O)NSSCCCC(=O)CCCC(=O)O. The standard InChI is InChI=1S/C10H17NO4S2/c1-8(12)11-17-16-7-3-5-9(13)4-2-6-10(14)15/h2-7H2,1H3,(H,11,12)(H,14,15). The number of carbonyl (C=O) groups is 3. The number of carboxylic acids is 1. The Balaban J connectivity index is 3.27. The molecule has 2 N–H and O–H groups in total. The molecule has 0 fully saturated rings. The molecular formula is C10H17NO4S2. The molecule has 0 heterocycles. The van der Waals surface area contributed by atoms with Crippen LogP contribution in [0.5, 0.6) is 0 Å². The zero-order chi connectivity index (χ0) is 13.1. The molecular weight excluding hydrogens is 262 g/mol. The molecule has 0 aliphatic rings. The Hall–Kier alpha value is -0.690. The van der Waals surface area contributed by atoms with E-state index in [2.05, 4.69) is 4.72 Å². The van der Waals surface area contributed by atoms with Crippen molar-refractivity contribution < 1.29 is 19.5 Å². The Bertz CT molecular complexity index is 271. The highest BCUT2D eigenvalue weighted by atomic mass is 33.1. The summed E-state index contributed by atoms with van der Waals surface area (Å²) < 4.78 is 2.57. The van der Waals surface area contributed by atoms with Crippen molar-refractivity contribution in [2.45, 2.75) is 39.0 Å². The first-order valence-corrected chi connectivity index (χ1v) is 7.63. The molecule has 0 spiro atoms. The van der Waals surface area contributed by atoms with E-state index in [1.165, 1.54) is 28.7 Å². The fourth-order valence-electron chi connectivity index (χ4n) is 1.02. The number of ketones is 1. The summed E-state index contributed by atoms with van der Waals surface area (Å²) >= 11 is 0. The molecule has 1 amide bonds. The third kappa shape index (κ3) is 13.2. The minimum absolute atomic E-state index is 0.0544. The van der Waals surface area contributed by atoms with E-state index in [1.807, 2.05) is 0 Å². The Labute approximate surface area is 109 Å². The van der Waals surface area contributed by atoms with Crippen molar-refractivity contribution in [3.8, 4) is 0 Å². The molecule has 0 radical (unpaired) electrons. The molecule has 7 heteroatoms. The lowest BCUT2D eigenvalue weighted by molar-refractivity contribution is -0.137. The monoisotopic (exact) mass is 279 g/mol. The minimum Gasteiger partial charge on any atom is -0.481 e. The highest BCUT2D eigenvalue weighted by Gasteiger charge is 2.04. The van der Waals surface area contributed by atoms with Crippen LogP contribution in [0, 0.1) is 0 Å². The van der Waals surface area contributed by atoms with E-state index in [-0.39, 0.29) is 18.1 Å². The predicted octanol–water partition coefficient (Wildman–Crippen LogP) is 2.02. The summed E-state index contributed by atoms with van der Waals surface area (Å²) in [5.74, 6) is -0.0565. The first-order valence-electron chi connectivity index (χ1n) is 5.31. The highest BCUT2D eigenvalue weighted by molar-refractivity contribution is 8.76. The van der Waals surface area contributed by atoms with E-state index in [1.54, 1.807) is 0 Å². The molecule has 17 heavy (non-hydrogen) atoms. The minimum atomic E-state index is -0.861. The van der Waals surface area contributed by atoms with Crippen molar-refractivity contribution >= 4 is 39.4 Å². The quantitative estimate of drug-likeness (QED) is 0.361. The number of hydrogen-bond donors (Lipinski definition) is 2. The Kier molecular flexibility index (Phi) is 10.0. The van der Waals surface area contributed by atoms with Crippen molar-refractivity contribution in [3.05, 3.63) is 0 Å². The van der Waals surface area contributed by atoms with Crippen molar-refractivity contribution in [1.29, 1.82) is 0 Å². The Morgan fingerprint density at radius 2 is 1.76 bits per heavy atom. The summed E-state index contributed by atoms with van der Waals surface area (Å²) in [6.45, 7) is 1.44. The van der Waals surface area contributed by atoms with Crippen LogP contribution < -0.4 is 4.72 Å². The van der Waals surface area contributed by atoms with Crippen LogP contribution in [0.3, 0.4) is 0 Å². The van der Waals surface area contributed by atoms with E-state index in [0.29, 0.717) is 19.3 Å². The van der Waals surface area contributed by atoms with Gasteiger partial charge in [0.1, 0.15) is 5.78 Å². The van der Waals surface area contributed by atoms with Gasteiger partial charge >= 0.3 is 5.97 Å². The molecule has 0 bridgehead atoms. The fraction of sp³-hybridized carbons (Fsp3) is 0.700. The van der Waals surface area contributed by atoms with Gasteiger partial charge in [-0.15, -0.1) is 0 Å². The van der Waals surface area contributed by atoms with Crippen molar-refractivity contribution in [1.82, 2.24) is 4.72 Å². The van der Waals surface area contributed by atoms with Crippen LogP contribution >= 0.6 is 21.8 Å². The van der Waals surface area contributed by atoms with Gasteiger partial charge in [0, 0.05) is 42.9 Å². The second-order valence-corrected chi connectivity index (χ2v) is 5.67. The first kappa shape index (κ1) is 16.3. The molecule has 0 aromatic heterocycles. The molecule has 0 rings (SSSR count). The first-order chi connectivity index (χ1) is 8.02. The van der Waals surface area contributed by atoms with Gasteiger partial charge in [0.05, 0.1) is 0 Å². The molecule has 0 aliphatic heterocycles. The van der Waals surface area contributed by atoms with E-state index < -0.39 is 5.97 Å². The van der Waals surface area contributed by atoms with Gasteiger partial charge in [-0.1, -0.05) is 10.8 Å². The topological polar surface area (TPSA) is 83.5 Å². The summed E-state index contributed by atoms with van der Waals surface area (Å²) in [5, 5.41) is 8.39. The van der Waals surface area contributed by atoms with E-state index in [0.717, 1.165) is 12.2 Å². The van der Waals surface area contributed by atoms with Crippen LogP contribution in [0.15, 0.2) is 0 Å². The zero-order valence-corrected chi connectivity index (χ0v) is 11.4. The molecule has 5 nitrogen and oxygen atoms in total.